The van der Waals surface area contributed by atoms with Crippen molar-refractivity contribution in [3.05, 3.63) is 29.8 Å². The Bertz CT molecular complexity index is 572. The van der Waals surface area contributed by atoms with Crippen molar-refractivity contribution in [1.29, 1.82) is 0 Å². The normalized spacial score (nSPS) is 19.9. The van der Waals surface area contributed by atoms with Crippen LogP contribution in [0.1, 0.15) is 31.2 Å². The van der Waals surface area contributed by atoms with Gasteiger partial charge in [0, 0.05) is 31.1 Å². The summed E-state index contributed by atoms with van der Waals surface area (Å²) in [6.45, 7) is 0.778. The number of nitrogens with zero attached hydrogens (tertiary/aromatic N) is 1. The van der Waals surface area contributed by atoms with Gasteiger partial charge in [-0.3, -0.25) is 9.59 Å². The van der Waals surface area contributed by atoms with E-state index in [1.54, 1.807) is 0 Å². The molecule has 1 aliphatic heterocycles. The molecule has 0 radical (unpaired) electrons. The molecule has 5 heteroatoms. The largest absolute Gasteiger partial charge is 0.469 e. The molecule has 1 aromatic rings. The standard InChI is InChI=1S/C18H25NO4/c1-19-13-18(12-17(21)23-3,10-6-9-16(20)22-2)11-14-7-4-5-8-15(14)19/h4-5,7-8H,6,9-13H2,1-3H3. The average molecular weight is 319 g/mol. The molecule has 0 fully saturated rings. The van der Waals surface area contributed by atoms with Gasteiger partial charge in [0.05, 0.1) is 20.6 Å². The van der Waals surface area contributed by atoms with E-state index in [0.717, 1.165) is 19.4 Å². The van der Waals surface area contributed by atoms with E-state index in [2.05, 4.69) is 17.0 Å². The van der Waals surface area contributed by atoms with Crippen LogP contribution >= 0.6 is 0 Å². The van der Waals surface area contributed by atoms with Crippen molar-refractivity contribution in [2.45, 2.75) is 32.1 Å². The Morgan fingerprint density at radius 3 is 2.57 bits per heavy atom. The van der Waals surface area contributed by atoms with Crippen molar-refractivity contribution in [1.82, 2.24) is 0 Å². The highest BCUT2D eigenvalue weighted by Crippen LogP contribution is 2.41. The number of hydrogen-bond acceptors (Lipinski definition) is 5. The predicted molar refractivity (Wildman–Crippen MR) is 88.3 cm³/mol. The van der Waals surface area contributed by atoms with Gasteiger partial charge in [-0.1, -0.05) is 18.2 Å². The molecule has 126 valence electrons. The number of esters is 2. The summed E-state index contributed by atoms with van der Waals surface area (Å²) in [5.41, 5.74) is 2.24. The molecule has 0 bridgehead atoms. The fraction of sp³-hybridized carbons (Fsp3) is 0.556. The maximum absolute atomic E-state index is 11.9. The molecule has 0 amide bonds. The minimum Gasteiger partial charge on any atom is -0.469 e. The van der Waals surface area contributed by atoms with E-state index in [1.165, 1.54) is 25.5 Å². The van der Waals surface area contributed by atoms with Crippen molar-refractivity contribution in [3.8, 4) is 0 Å². The molecule has 2 rings (SSSR count). The lowest BCUT2D eigenvalue weighted by Gasteiger charge is -2.43. The van der Waals surface area contributed by atoms with Crippen LogP contribution in [0.15, 0.2) is 24.3 Å². The molecule has 0 saturated carbocycles. The van der Waals surface area contributed by atoms with Gasteiger partial charge in [-0.15, -0.1) is 0 Å². The summed E-state index contributed by atoms with van der Waals surface area (Å²) >= 11 is 0. The first-order valence-corrected chi connectivity index (χ1v) is 7.92. The molecule has 0 spiro atoms. The van der Waals surface area contributed by atoms with Crippen molar-refractivity contribution in [2.75, 3.05) is 32.7 Å². The van der Waals surface area contributed by atoms with Gasteiger partial charge in [-0.25, -0.2) is 0 Å². The molecule has 1 unspecified atom stereocenters. The zero-order valence-electron chi connectivity index (χ0n) is 14.1. The molecule has 1 aromatic carbocycles. The topological polar surface area (TPSA) is 55.8 Å². The third-order valence-corrected chi connectivity index (χ3v) is 4.60. The first-order chi connectivity index (χ1) is 11.0. The van der Waals surface area contributed by atoms with Crippen LogP contribution in [0, 0.1) is 5.41 Å². The number of rotatable bonds is 6. The van der Waals surface area contributed by atoms with E-state index in [1.807, 2.05) is 19.2 Å². The van der Waals surface area contributed by atoms with Crippen molar-refractivity contribution in [2.24, 2.45) is 5.41 Å². The number of fused-ring (bicyclic) bond motifs is 1. The Labute approximate surface area is 137 Å². The summed E-state index contributed by atoms with van der Waals surface area (Å²) in [5.74, 6) is -0.404. The number of benzene rings is 1. The Kier molecular flexibility index (Phi) is 5.64. The Morgan fingerprint density at radius 1 is 1.17 bits per heavy atom. The second-order valence-corrected chi connectivity index (χ2v) is 6.34. The number of carbonyl (C=O) groups excluding carboxylic acids is 2. The van der Waals surface area contributed by atoms with Crippen LogP contribution in [0.25, 0.3) is 0 Å². The van der Waals surface area contributed by atoms with Gasteiger partial charge < -0.3 is 14.4 Å². The Morgan fingerprint density at radius 2 is 1.87 bits per heavy atom. The molecule has 5 nitrogen and oxygen atoms in total. The third-order valence-electron chi connectivity index (χ3n) is 4.60. The molecule has 0 N–H and O–H groups in total. The molecule has 1 heterocycles. The fourth-order valence-corrected chi connectivity index (χ4v) is 3.54. The Balaban J connectivity index is 2.18. The highest BCUT2D eigenvalue weighted by atomic mass is 16.5. The molecule has 23 heavy (non-hydrogen) atoms. The van der Waals surface area contributed by atoms with Crippen LogP contribution in [0.3, 0.4) is 0 Å². The monoisotopic (exact) mass is 319 g/mol. The number of para-hydroxylation sites is 1. The van der Waals surface area contributed by atoms with Gasteiger partial charge in [-0.05, 0) is 30.9 Å². The van der Waals surface area contributed by atoms with Gasteiger partial charge in [0.2, 0.25) is 0 Å². The summed E-state index contributed by atoms with van der Waals surface area (Å²) in [7, 11) is 4.87. The van der Waals surface area contributed by atoms with Gasteiger partial charge in [0.1, 0.15) is 0 Å². The van der Waals surface area contributed by atoms with Crippen LogP contribution in [-0.4, -0.2) is 39.8 Å². The van der Waals surface area contributed by atoms with Crippen LogP contribution in [0.4, 0.5) is 5.69 Å². The lowest BCUT2D eigenvalue weighted by Crippen LogP contribution is -2.43. The summed E-state index contributed by atoms with van der Waals surface area (Å²) in [6, 6.07) is 8.26. The summed E-state index contributed by atoms with van der Waals surface area (Å²) < 4.78 is 9.61. The van der Waals surface area contributed by atoms with Gasteiger partial charge in [0.25, 0.3) is 0 Å². The first kappa shape index (κ1) is 17.3. The van der Waals surface area contributed by atoms with E-state index in [0.29, 0.717) is 19.3 Å². The van der Waals surface area contributed by atoms with Crippen LogP contribution in [-0.2, 0) is 25.5 Å². The van der Waals surface area contributed by atoms with E-state index in [9.17, 15) is 9.59 Å². The lowest BCUT2D eigenvalue weighted by atomic mass is 9.72. The molecule has 0 aliphatic carbocycles. The maximum Gasteiger partial charge on any atom is 0.306 e. The molecule has 1 aliphatic rings. The molecule has 1 atom stereocenters. The quantitative estimate of drug-likeness (QED) is 0.754. The number of hydrogen-bond donors (Lipinski definition) is 0. The molecular formula is C18H25NO4. The number of methoxy groups -OCH3 is 2. The molecular weight excluding hydrogens is 294 g/mol. The third kappa shape index (κ3) is 4.24. The summed E-state index contributed by atoms with van der Waals surface area (Å²) in [4.78, 5) is 25.5. The van der Waals surface area contributed by atoms with Gasteiger partial charge >= 0.3 is 11.9 Å². The predicted octanol–water partition coefficient (Wildman–Crippen LogP) is 2.57. The number of ether oxygens (including phenoxy) is 2. The number of carbonyl (C=O) groups is 2. The molecule has 0 saturated heterocycles. The SMILES string of the molecule is COC(=O)CCCC1(CC(=O)OC)Cc2ccccc2N(C)C1. The van der Waals surface area contributed by atoms with Gasteiger partial charge in [-0.2, -0.15) is 0 Å². The van der Waals surface area contributed by atoms with Crippen molar-refractivity contribution in [3.63, 3.8) is 0 Å². The van der Waals surface area contributed by atoms with Crippen LogP contribution < -0.4 is 4.90 Å². The highest BCUT2D eigenvalue weighted by molar-refractivity contribution is 5.71. The minimum absolute atomic E-state index is 0.198. The second-order valence-electron chi connectivity index (χ2n) is 6.34. The summed E-state index contributed by atoms with van der Waals surface area (Å²) in [6.07, 6.45) is 3.06. The van der Waals surface area contributed by atoms with Crippen LogP contribution in [0.5, 0.6) is 0 Å². The average Bonchev–Trinajstić information content (AvgIpc) is 2.54. The van der Waals surface area contributed by atoms with Crippen LogP contribution in [0.2, 0.25) is 0 Å². The highest BCUT2D eigenvalue weighted by Gasteiger charge is 2.38. The van der Waals surface area contributed by atoms with E-state index in [-0.39, 0.29) is 17.4 Å². The first-order valence-electron chi connectivity index (χ1n) is 7.92. The zero-order chi connectivity index (χ0) is 16.9. The fourth-order valence-electron chi connectivity index (χ4n) is 3.54. The second kappa shape index (κ2) is 7.49. The number of anilines is 1. The minimum atomic E-state index is -0.206. The van der Waals surface area contributed by atoms with Crippen molar-refractivity contribution < 1.29 is 19.1 Å². The van der Waals surface area contributed by atoms with Crippen molar-refractivity contribution >= 4 is 17.6 Å². The van der Waals surface area contributed by atoms with Gasteiger partial charge in [0.15, 0.2) is 0 Å². The van der Waals surface area contributed by atoms with E-state index in [4.69, 9.17) is 9.47 Å². The zero-order valence-corrected chi connectivity index (χ0v) is 14.1. The summed E-state index contributed by atoms with van der Waals surface area (Å²) in [5, 5.41) is 0. The molecule has 0 aromatic heterocycles. The maximum atomic E-state index is 11.9. The smallest absolute Gasteiger partial charge is 0.306 e. The van der Waals surface area contributed by atoms with E-state index < -0.39 is 0 Å². The van der Waals surface area contributed by atoms with E-state index >= 15 is 0 Å². The Hall–Kier alpha value is -2.04. The lowest BCUT2D eigenvalue weighted by molar-refractivity contribution is -0.143.